The lowest BCUT2D eigenvalue weighted by Crippen LogP contribution is -2.19. The molecule has 12 heavy (non-hydrogen) atoms. The predicted molar refractivity (Wildman–Crippen MR) is 51.3 cm³/mol. The topological polar surface area (TPSA) is 64.7 Å². The second-order valence-corrected chi connectivity index (χ2v) is 3.02. The van der Waals surface area contributed by atoms with Crippen molar-refractivity contribution in [3.8, 4) is 0 Å². The zero-order valence-corrected chi connectivity index (χ0v) is 8.19. The summed E-state index contributed by atoms with van der Waals surface area (Å²) in [7, 11) is 0. The third-order valence-electron chi connectivity index (χ3n) is 1.21. The van der Waals surface area contributed by atoms with E-state index in [9.17, 15) is 4.79 Å². The molecule has 0 unspecified atom stereocenters. The molecule has 0 spiro atoms. The Morgan fingerprint density at radius 1 is 1.67 bits per heavy atom. The lowest BCUT2D eigenvalue weighted by atomic mass is 10.3. The number of carbonyl (C=O) groups is 1. The quantitative estimate of drug-likeness (QED) is 0.299. The van der Waals surface area contributed by atoms with Crippen molar-refractivity contribution < 1.29 is 9.53 Å². The first kappa shape index (κ1) is 11.3. The number of nitrogens with two attached hydrogens (primary N) is 1. The third kappa shape index (κ3) is 4.23. The van der Waals surface area contributed by atoms with E-state index in [4.69, 9.17) is 10.6 Å². The standard InChI is InChI=1S/C7H14N2O2S/c1-3-11-7(10)6(9-8)4-5-12-2/h3-5,8H2,1-2H3/b9-6-. The summed E-state index contributed by atoms with van der Waals surface area (Å²) in [5.74, 6) is 5.44. The summed E-state index contributed by atoms with van der Waals surface area (Å²) in [6.45, 7) is 2.11. The van der Waals surface area contributed by atoms with Crippen molar-refractivity contribution >= 4 is 23.4 Å². The Hall–Kier alpha value is -0.710. The molecule has 0 aromatic heterocycles. The van der Waals surface area contributed by atoms with Crippen LogP contribution in [0, 0.1) is 0 Å². The van der Waals surface area contributed by atoms with Crippen molar-refractivity contribution in [2.75, 3.05) is 18.6 Å². The molecule has 0 aliphatic carbocycles. The number of hydrazone groups is 1. The van der Waals surface area contributed by atoms with Gasteiger partial charge in [0.15, 0.2) is 0 Å². The highest BCUT2D eigenvalue weighted by Crippen LogP contribution is 1.98. The molecule has 0 radical (unpaired) electrons. The molecule has 0 atom stereocenters. The molecule has 0 heterocycles. The van der Waals surface area contributed by atoms with Crippen molar-refractivity contribution in [1.29, 1.82) is 0 Å². The van der Waals surface area contributed by atoms with Gasteiger partial charge >= 0.3 is 5.97 Å². The second-order valence-electron chi connectivity index (χ2n) is 2.04. The number of hydrogen-bond acceptors (Lipinski definition) is 5. The fourth-order valence-corrected chi connectivity index (χ4v) is 1.03. The predicted octanol–water partition coefficient (Wildman–Crippen LogP) is 0.617. The van der Waals surface area contributed by atoms with E-state index in [-0.39, 0.29) is 0 Å². The first-order chi connectivity index (χ1) is 5.76. The third-order valence-corrected chi connectivity index (χ3v) is 1.82. The van der Waals surface area contributed by atoms with Crippen LogP contribution in [0.25, 0.3) is 0 Å². The number of thioether (sulfide) groups is 1. The Morgan fingerprint density at radius 3 is 2.75 bits per heavy atom. The zero-order valence-electron chi connectivity index (χ0n) is 7.37. The molecule has 4 nitrogen and oxygen atoms in total. The Labute approximate surface area is 76.5 Å². The lowest BCUT2D eigenvalue weighted by molar-refractivity contribution is -0.135. The molecular weight excluding hydrogens is 176 g/mol. The molecule has 2 N–H and O–H groups in total. The number of esters is 1. The Morgan fingerprint density at radius 2 is 2.33 bits per heavy atom. The maximum atomic E-state index is 11.0. The van der Waals surface area contributed by atoms with Gasteiger partial charge in [-0.2, -0.15) is 16.9 Å². The SMILES string of the molecule is CCOC(=O)/C(CCSC)=N\N. The molecule has 70 valence electrons. The average Bonchev–Trinajstić information content (AvgIpc) is 2.06. The lowest BCUT2D eigenvalue weighted by Gasteiger charge is -2.02. The summed E-state index contributed by atoms with van der Waals surface area (Å²) in [6.07, 6.45) is 2.52. The highest BCUT2D eigenvalue weighted by Gasteiger charge is 2.10. The van der Waals surface area contributed by atoms with Crippen LogP contribution in [0.3, 0.4) is 0 Å². The molecule has 0 bridgehead atoms. The fraction of sp³-hybridized carbons (Fsp3) is 0.714. The summed E-state index contributed by atoms with van der Waals surface area (Å²) in [4.78, 5) is 11.0. The first-order valence-electron chi connectivity index (χ1n) is 3.69. The Balaban J connectivity index is 3.90. The average molecular weight is 190 g/mol. The van der Waals surface area contributed by atoms with Gasteiger partial charge in [0.05, 0.1) is 6.61 Å². The number of nitrogens with zero attached hydrogens (tertiary/aromatic N) is 1. The Bertz CT molecular complexity index is 171. The molecule has 0 rings (SSSR count). The first-order valence-corrected chi connectivity index (χ1v) is 5.08. The molecule has 0 aliphatic heterocycles. The van der Waals surface area contributed by atoms with E-state index in [0.717, 1.165) is 5.75 Å². The molecule has 0 saturated heterocycles. The molecule has 0 aromatic rings. The van der Waals surface area contributed by atoms with Gasteiger partial charge < -0.3 is 10.6 Å². The van der Waals surface area contributed by atoms with Crippen LogP contribution in [0.5, 0.6) is 0 Å². The monoisotopic (exact) mass is 190 g/mol. The summed E-state index contributed by atoms with van der Waals surface area (Å²) >= 11 is 1.64. The van der Waals surface area contributed by atoms with E-state index in [2.05, 4.69) is 5.10 Å². The van der Waals surface area contributed by atoms with Crippen LogP contribution in [0.15, 0.2) is 5.10 Å². The van der Waals surface area contributed by atoms with Gasteiger partial charge in [-0.05, 0) is 18.9 Å². The van der Waals surface area contributed by atoms with Crippen LogP contribution < -0.4 is 5.84 Å². The molecule has 0 fully saturated rings. The van der Waals surface area contributed by atoms with Crippen LogP contribution in [-0.2, 0) is 9.53 Å². The summed E-state index contributed by atoms with van der Waals surface area (Å²) in [5.41, 5.74) is 0.311. The number of rotatable bonds is 5. The van der Waals surface area contributed by atoms with E-state index in [1.54, 1.807) is 18.7 Å². The minimum atomic E-state index is -0.408. The van der Waals surface area contributed by atoms with Crippen molar-refractivity contribution in [3.05, 3.63) is 0 Å². The van der Waals surface area contributed by atoms with Crippen LogP contribution in [0.4, 0.5) is 0 Å². The van der Waals surface area contributed by atoms with Gasteiger partial charge in [0.1, 0.15) is 5.71 Å². The van der Waals surface area contributed by atoms with Crippen LogP contribution in [0.1, 0.15) is 13.3 Å². The molecule has 5 heteroatoms. The van der Waals surface area contributed by atoms with E-state index in [0.29, 0.717) is 18.7 Å². The zero-order chi connectivity index (χ0) is 9.40. The summed E-state index contributed by atoms with van der Waals surface area (Å²) < 4.78 is 4.73. The maximum Gasteiger partial charge on any atom is 0.354 e. The Kier molecular flexibility index (Phi) is 6.55. The molecule has 0 aromatic carbocycles. The van der Waals surface area contributed by atoms with Gasteiger partial charge in [0, 0.05) is 6.42 Å². The fourth-order valence-electron chi connectivity index (χ4n) is 0.632. The van der Waals surface area contributed by atoms with Gasteiger partial charge in [0.2, 0.25) is 0 Å². The van der Waals surface area contributed by atoms with Crippen molar-refractivity contribution in [3.63, 3.8) is 0 Å². The minimum Gasteiger partial charge on any atom is -0.461 e. The van der Waals surface area contributed by atoms with Gasteiger partial charge in [-0.3, -0.25) is 0 Å². The van der Waals surface area contributed by atoms with Crippen LogP contribution in [0.2, 0.25) is 0 Å². The largest absolute Gasteiger partial charge is 0.461 e. The second kappa shape index (κ2) is 6.97. The molecule has 0 amide bonds. The van der Waals surface area contributed by atoms with Crippen molar-refractivity contribution in [2.45, 2.75) is 13.3 Å². The van der Waals surface area contributed by atoms with Crippen LogP contribution >= 0.6 is 11.8 Å². The van der Waals surface area contributed by atoms with Gasteiger partial charge in [-0.1, -0.05) is 0 Å². The van der Waals surface area contributed by atoms with E-state index >= 15 is 0 Å². The maximum absolute atomic E-state index is 11.0. The summed E-state index contributed by atoms with van der Waals surface area (Å²) in [6, 6.07) is 0. The molecular formula is C7H14N2O2S. The highest BCUT2D eigenvalue weighted by molar-refractivity contribution is 7.98. The van der Waals surface area contributed by atoms with Crippen molar-refractivity contribution in [1.82, 2.24) is 0 Å². The van der Waals surface area contributed by atoms with Crippen molar-refractivity contribution in [2.24, 2.45) is 10.9 Å². The normalized spacial score (nSPS) is 11.3. The molecule has 0 aliphatic rings. The smallest absolute Gasteiger partial charge is 0.354 e. The van der Waals surface area contributed by atoms with Gasteiger partial charge in [-0.25, -0.2) is 4.79 Å². The minimum absolute atomic E-state index is 0.311. The van der Waals surface area contributed by atoms with E-state index in [1.807, 2.05) is 6.26 Å². The summed E-state index contributed by atoms with van der Waals surface area (Å²) in [5, 5.41) is 3.37. The number of carbonyl (C=O) groups excluding carboxylic acids is 1. The number of ether oxygens (including phenoxy) is 1. The van der Waals surface area contributed by atoms with E-state index < -0.39 is 5.97 Å². The van der Waals surface area contributed by atoms with Gasteiger partial charge in [-0.15, -0.1) is 0 Å². The van der Waals surface area contributed by atoms with Crippen LogP contribution in [-0.4, -0.2) is 30.3 Å². The molecule has 0 saturated carbocycles. The number of hydrogen-bond donors (Lipinski definition) is 1. The van der Waals surface area contributed by atoms with E-state index in [1.165, 1.54) is 0 Å². The highest BCUT2D eigenvalue weighted by atomic mass is 32.2. The van der Waals surface area contributed by atoms with Gasteiger partial charge in [0.25, 0.3) is 0 Å².